The number of carbonyl (C=O) groups excluding carboxylic acids is 8. The lowest BCUT2D eigenvalue weighted by Crippen LogP contribution is -2.59. The van der Waals surface area contributed by atoms with E-state index >= 15 is 0 Å². The van der Waals surface area contributed by atoms with Crippen LogP contribution in [0.15, 0.2) is 0 Å². The summed E-state index contributed by atoms with van der Waals surface area (Å²) in [6.45, 7) is 6.60. The molecule has 7 atom stereocenters. The van der Waals surface area contributed by atoms with Gasteiger partial charge in [-0.15, -0.1) is 0 Å². The second kappa shape index (κ2) is 18.4. The molecule has 0 spiro atoms. The number of nitrogens with zero attached hydrogens (tertiary/aromatic N) is 5. The smallest absolute Gasteiger partial charge is 0.303 e. The molecule has 5 aliphatic rings. The Hall–Kier alpha value is -4.77. The van der Waals surface area contributed by atoms with Crippen LogP contribution in [-0.4, -0.2) is 158 Å². The Balaban J connectivity index is 1.26. The standard InChI is InChI=1S/C38H58N8O10/c1-22(2)21-25(41-33(51)27-10-5-17-43(27)34(52)24(40-23(3)47)14-15-31(48)49)35(53)44-18-6-11-28(44)37(55)46-20-8-13-30(46)38(56)45-19-7-12-29(45)36(54)42-16-4-9-26(42)32(39)50/h22,24-30H,4-21H2,1-3H3,(H2,39,50)(H,40,47)(H,41,51)(H,48,49)/t24-,25-,26-,27-,28-,29-,30-/m0/s1. The fourth-order valence-electron chi connectivity index (χ4n) is 9.20. The maximum Gasteiger partial charge on any atom is 0.303 e. The minimum Gasteiger partial charge on any atom is -0.481 e. The molecule has 5 aliphatic heterocycles. The zero-order valence-electron chi connectivity index (χ0n) is 32.8. The number of rotatable bonds is 14. The van der Waals surface area contributed by atoms with Gasteiger partial charge in [-0.1, -0.05) is 13.8 Å². The molecule has 0 aliphatic carbocycles. The molecular weight excluding hydrogens is 728 g/mol. The second-order valence-electron chi connectivity index (χ2n) is 16.2. The summed E-state index contributed by atoms with van der Waals surface area (Å²) in [5.74, 6) is -4.75. The Labute approximate surface area is 327 Å². The van der Waals surface area contributed by atoms with Crippen LogP contribution < -0.4 is 16.4 Å². The van der Waals surface area contributed by atoms with E-state index < -0.39 is 77.8 Å². The Kier molecular flexibility index (Phi) is 14.0. The van der Waals surface area contributed by atoms with Gasteiger partial charge < -0.3 is 46.0 Å². The van der Waals surface area contributed by atoms with Gasteiger partial charge in [0.05, 0.1) is 0 Å². The lowest BCUT2D eigenvalue weighted by atomic mass is 10.0. The van der Waals surface area contributed by atoms with Gasteiger partial charge in [0.25, 0.3) is 0 Å². The third kappa shape index (κ3) is 9.42. The van der Waals surface area contributed by atoms with E-state index in [0.717, 1.165) is 0 Å². The van der Waals surface area contributed by atoms with Crippen molar-refractivity contribution in [1.29, 1.82) is 0 Å². The van der Waals surface area contributed by atoms with Gasteiger partial charge in [-0.2, -0.15) is 0 Å². The van der Waals surface area contributed by atoms with E-state index in [1.807, 2.05) is 13.8 Å². The summed E-state index contributed by atoms with van der Waals surface area (Å²) in [5, 5.41) is 14.5. The van der Waals surface area contributed by atoms with Crippen molar-refractivity contribution in [2.24, 2.45) is 11.7 Å². The van der Waals surface area contributed by atoms with Crippen LogP contribution in [-0.2, 0) is 43.2 Å². The molecule has 0 radical (unpaired) electrons. The van der Waals surface area contributed by atoms with Crippen LogP contribution in [0, 0.1) is 5.92 Å². The zero-order valence-corrected chi connectivity index (χ0v) is 32.8. The minimum absolute atomic E-state index is 0.0296. The van der Waals surface area contributed by atoms with Crippen LogP contribution in [0.2, 0.25) is 0 Å². The molecule has 5 saturated heterocycles. The molecule has 0 aromatic carbocycles. The van der Waals surface area contributed by atoms with Crippen molar-refractivity contribution in [3.8, 4) is 0 Å². The number of likely N-dealkylation sites (tertiary alicyclic amines) is 5. The van der Waals surface area contributed by atoms with Crippen molar-refractivity contribution < 1.29 is 48.3 Å². The van der Waals surface area contributed by atoms with E-state index in [4.69, 9.17) is 5.73 Å². The number of nitrogens with one attached hydrogen (secondary N) is 2. The number of hydrogen-bond donors (Lipinski definition) is 4. The number of carbonyl (C=O) groups is 9. The first-order valence-electron chi connectivity index (χ1n) is 20.2. The normalized spacial score (nSPS) is 26.1. The molecule has 0 saturated carbocycles. The lowest BCUT2D eigenvalue weighted by Gasteiger charge is -2.36. The van der Waals surface area contributed by atoms with Crippen LogP contribution >= 0.6 is 0 Å². The first kappa shape index (κ1) is 42.4. The molecule has 0 unspecified atom stereocenters. The number of hydrogen-bond acceptors (Lipinski definition) is 9. The fourth-order valence-corrected chi connectivity index (χ4v) is 9.20. The average Bonchev–Trinajstić information content (AvgIpc) is 3.99. The molecule has 5 rings (SSSR count). The molecule has 0 aromatic rings. The van der Waals surface area contributed by atoms with E-state index in [-0.39, 0.29) is 56.0 Å². The van der Waals surface area contributed by atoms with E-state index in [2.05, 4.69) is 10.6 Å². The van der Waals surface area contributed by atoms with E-state index in [1.54, 1.807) is 4.90 Å². The van der Waals surface area contributed by atoms with Gasteiger partial charge in [-0.05, 0) is 83.0 Å². The quantitative estimate of drug-likeness (QED) is 0.173. The maximum absolute atomic E-state index is 14.3. The van der Waals surface area contributed by atoms with Gasteiger partial charge in [0.1, 0.15) is 42.3 Å². The number of primary amides is 1. The summed E-state index contributed by atoms with van der Waals surface area (Å²) in [7, 11) is 0. The van der Waals surface area contributed by atoms with Crippen LogP contribution in [0.5, 0.6) is 0 Å². The van der Waals surface area contributed by atoms with Crippen molar-refractivity contribution in [2.45, 2.75) is 147 Å². The molecule has 56 heavy (non-hydrogen) atoms. The Bertz CT molecular complexity index is 1570. The third-order valence-electron chi connectivity index (χ3n) is 11.8. The van der Waals surface area contributed by atoms with E-state index in [9.17, 15) is 48.3 Å². The predicted octanol–water partition coefficient (Wildman–Crippen LogP) is -0.673. The molecule has 0 bridgehead atoms. The number of carboxylic acids is 1. The largest absolute Gasteiger partial charge is 0.481 e. The van der Waals surface area contributed by atoms with Crippen molar-refractivity contribution >= 4 is 53.2 Å². The summed E-state index contributed by atoms with van der Waals surface area (Å²) in [6.07, 6.45) is 4.68. The Morgan fingerprint density at radius 3 is 1.43 bits per heavy atom. The first-order valence-corrected chi connectivity index (χ1v) is 20.2. The summed E-state index contributed by atoms with van der Waals surface area (Å²) >= 11 is 0. The molecule has 18 nitrogen and oxygen atoms in total. The molecule has 18 heteroatoms. The van der Waals surface area contributed by atoms with Crippen molar-refractivity contribution in [2.75, 3.05) is 32.7 Å². The average molecular weight is 787 g/mol. The SMILES string of the molecule is CC(=O)N[C@@H](CCC(=O)O)C(=O)N1CCC[C@H]1C(=O)N[C@@H](CC(C)C)C(=O)N1CCC[C@H]1C(=O)N1CCC[C@H]1C(=O)N1CCC[C@H]1C(=O)N1CCC[C@H]1C(N)=O. The molecule has 5 heterocycles. The highest BCUT2D eigenvalue weighted by Gasteiger charge is 2.48. The first-order chi connectivity index (χ1) is 26.6. The topological polar surface area (TPSA) is 240 Å². The molecule has 310 valence electrons. The Morgan fingerprint density at radius 1 is 0.589 bits per heavy atom. The van der Waals surface area contributed by atoms with E-state index in [0.29, 0.717) is 83.8 Å². The van der Waals surface area contributed by atoms with Gasteiger partial charge in [-0.3, -0.25) is 43.2 Å². The Morgan fingerprint density at radius 2 is 0.982 bits per heavy atom. The number of nitrogens with two attached hydrogens (primary N) is 1. The lowest BCUT2D eigenvalue weighted by molar-refractivity contribution is -0.153. The molecule has 5 fully saturated rings. The van der Waals surface area contributed by atoms with Crippen molar-refractivity contribution in [3.63, 3.8) is 0 Å². The summed E-state index contributed by atoms with van der Waals surface area (Å²) < 4.78 is 0. The van der Waals surface area contributed by atoms with Crippen molar-refractivity contribution in [3.05, 3.63) is 0 Å². The van der Waals surface area contributed by atoms with Gasteiger partial charge >= 0.3 is 5.97 Å². The van der Waals surface area contributed by atoms with Gasteiger partial charge in [-0.25, -0.2) is 0 Å². The van der Waals surface area contributed by atoms with E-state index in [1.165, 1.54) is 26.5 Å². The summed E-state index contributed by atoms with van der Waals surface area (Å²) in [4.78, 5) is 126. The van der Waals surface area contributed by atoms with Crippen LogP contribution in [0.25, 0.3) is 0 Å². The predicted molar refractivity (Wildman–Crippen MR) is 199 cm³/mol. The number of amides is 8. The van der Waals surface area contributed by atoms with Crippen LogP contribution in [0.1, 0.15) is 104 Å². The number of carboxylic acid groups (broad SMARTS) is 1. The summed E-state index contributed by atoms with van der Waals surface area (Å²) in [5.41, 5.74) is 5.57. The van der Waals surface area contributed by atoms with Crippen LogP contribution in [0.3, 0.4) is 0 Å². The van der Waals surface area contributed by atoms with Crippen molar-refractivity contribution in [1.82, 2.24) is 35.1 Å². The maximum atomic E-state index is 14.3. The molecule has 0 aromatic heterocycles. The van der Waals surface area contributed by atoms with Crippen LogP contribution in [0.4, 0.5) is 0 Å². The van der Waals surface area contributed by atoms with Gasteiger partial charge in [0.15, 0.2) is 0 Å². The monoisotopic (exact) mass is 786 g/mol. The minimum atomic E-state index is -1.13. The molecule has 8 amide bonds. The second-order valence-corrected chi connectivity index (χ2v) is 16.2. The number of aliphatic carboxylic acids is 1. The highest BCUT2D eigenvalue weighted by molar-refractivity contribution is 5.98. The third-order valence-corrected chi connectivity index (χ3v) is 11.8. The van der Waals surface area contributed by atoms with Gasteiger partial charge in [0, 0.05) is 46.1 Å². The summed E-state index contributed by atoms with van der Waals surface area (Å²) in [6, 6.07) is -6.15. The molecule has 5 N–H and O–H groups in total. The highest BCUT2D eigenvalue weighted by Crippen LogP contribution is 2.31. The molecular formula is C38H58N8O10. The van der Waals surface area contributed by atoms with Gasteiger partial charge in [0.2, 0.25) is 47.3 Å². The highest BCUT2D eigenvalue weighted by atomic mass is 16.4. The fraction of sp³-hybridized carbons (Fsp3) is 0.763. The zero-order chi connectivity index (χ0) is 40.8.